The minimum absolute atomic E-state index is 0.181. The number of hydrogen-bond acceptors (Lipinski definition) is 4. The van der Waals surface area contributed by atoms with Crippen molar-refractivity contribution in [1.29, 1.82) is 0 Å². The van der Waals surface area contributed by atoms with Crippen LogP contribution in [0.4, 0.5) is 5.69 Å². The van der Waals surface area contributed by atoms with Gasteiger partial charge in [0.15, 0.2) is 0 Å². The molecule has 33 heavy (non-hydrogen) atoms. The molecule has 2 aromatic rings. The number of anilines is 1. The molecule has 0 fully saturated rings. The number of benzene rings is 2. The zero-order valence-corrected chi connectivity index (χ0v) is 21.3. The SMILES string of the molecule is CCNC(=O)C(CC)N(Cc1ccc(C)cc1)C(=O)CN(c1cccc(Cl)c1C)S(C)(=O)=O. The zero-order chi connectivity index (χ0) is 24.8. The fourth-order valence-corrected chi connectivity index (χ4v) is 4.63. The van der Waals surface area contributed by atoms with Crippen LogP contribution in [-0.2, 0) is 26.2 Å². The minimum atomic E-state index is -3.80. The second-order valence-corrected chi connectivity index (χ2v) is 10.3. The monoisotopic (exact) mass is 493 g/mol. The van der Waals surface area contributed by atoms with Gasteiger partial charge in [0.2, 0.25) is 21.8 Å². The molecule has 1 atom stereocenters. The Morgan fingerprint density at radius 2 is 1.70 bits per heavy atom. The molecule has 0 bridgehead atoms. The molecule has 0 heterocycles. The molecular weight excluding hydrogens is 462 g/mol. The summed E-state index contributed by atoms with van der Waals surface area (Å²) in [5, 5.41) is 3.18. The molecule has 0 saturated heterocycles. The number of rotatable bonds is 10. The van der Waals surface area contributed by atoms with E-state index in [2.05, 4.69) is 5.32 Å². The lowest BCUT2D eigenvalue weighted by molar-refractivity contribution is -0.140. The van der Waals surface area contributed by atoms with E-state index < -0.39 is 28.5 Å². The molecule has 0 aliphatic heterocycles. The number of amides is 2. The van der Waals surface area contributed by atoms with Gasteiger partial charge in [-0.25, -0.2) is 8.42 Å². The topological polar surface area (TPSA) is 86.8 Å². The van der Waals surface area contributed by atoms with Crippen molar-refractivity contribution in [3.8, 4) is 0 Å². The van der Waals surface area contributed by atoms with Gasteiger partial charge in [-0.15, -0.1) is 0 Å². The average Bonchev–Trinajstić information content (AvgIpc) is 2.75. The number of carbonyl (C=O) groups excluding carboxylic acids is 2. The molecule has 7 nitrogen and oxygen atoms in total. The number of nitrogens with one attached hydrogen (secondary N) is 1. The highest BCUT2D eigenvalue weighted by Crippen LogP contribution is 2.28. The van der Waals surface area contributed by atoms with Gasteiger partial charge in [-0.1, -0.05) is 54.4 Å². The second-order valence-electron chi connectivity index (χ2n) is 7.98. The van der Waals surface area contributed by atoms with Gasteiger partial charge in [-0.2, -0.15) is 0 Å². The first-order valence-electron chi connectivity index (χ1n) is 10.8. The zero-order valence-electron chi connectivity index (χ0n) is 19.8. The summed E-state index contributed by atoms with van der Waals surface area (Å²) in [4.78, 5) is 27.8. The van der Waals surface area contributed by atoms with Crippen LogP contribution >= 0.6 is 11.6 Å². The lowest BCUT2D eigenvalue weighted by Gasteiger charge is -2.33. The molecule has 0 aliphatic carbocycles. The van der Waals surface area contributed by atoms with Crippen LogP contribution in [0.2, 0.25) is 5.02 Å². The first kappa shape index (κ1) is 26.7. The summed E-state index contributed by atoms with van der Waals surface area (Å²) in [6.07, 6.45) is 1.44. The number of sulfonamides is 1. The Labute approximate surface area is 201 Å². The summed E-state index contributed by atoms with van der Waals surface area (Å²) in [7, 11) is -3.80. The standard InChI is InChI=1S/C24H32ClN3O4S/c1-6-21(24(30)26-7-2)27(15-19-13-11-17(3)12-14-19)23(29)16-28(33(5,31)32)22-10-8-9-20(25)18(22)4/h8-14,21H,6-7,15-16H2,1-5H3,(H,26,30). The summed E-state index contributed by atoms with van der Waals surface area (Å²) in [6.45, 7) is 7.47. The molecule has 0 aliphatic rings. The van der Waals surface area contributed by atoms with E-state index in [0.717, 1.165) is 21.7 Å². The maximum atomic E-state index is 13.6. The number of nitrogens with zero attached hydrogens (tertiary/aromatic N) is 2. The van der Waals surface area contributed by atoms with E-state index in [1.54, 1.807) is 25.1 Å². The van der Waals surface area contributed by atoms with Crippen molar-refractivity contribution in [2.75, 3.05) is 23.7 Å². The van der Waals surface area contributed by atoms with Crippen LogP contribution in [0.25, 0.3) is 0 Å². The summed E-state index contributed by atoms with van der Waals surface area (Å²) in [6, 6.07) is 11.8. The maximum Gasteiger partial charge on any atom is 0.244 e. The molecule has 0 aromatic heterocycles. The third kappa shape index (κ3) is 6.95. The second kappa shape index (κ2) is 11.5. The van der Waals surface area contributed by atoms with E-state index in [0.29, 0.717) is 29.2 Å². The number of hydrogen-bond donors (Lipinski definition) is 1. The molecule has 2 aromatic carbocycles. The lowest BCUT2D eigenvalue weighted by atomic mass is 10.1. The first-order valence-corrected chi connectivity index (χ1v) is 13.1. The summed E-state index contributed by atoms with van der Waals surface area (Å²) in [5.41, 5.74) is 2.81. The van der Waals surface area contributed by atoms with Crippen LogP contribution in [0.5, 0.6) is 0 Å². The van der Waals surface area contributed by atoms with Crippen LogP contribution < -0.4 is 9.62 Å². The van der Waals surface area contributed by atoms with Crippen molar-refractivity contribution in [2.45, 2.75) is 46.7 Å². The van der Waals surface area contributed by atoms with E-state index in [-0.39, 0.29) is 12.5 Å². The quantitative estimate of drug-likeness (QED) is 0.547. The Morgan fingerprint density at radius 3 is 2.24 bits per heavy atom. The van der Waals surface area contributed by atoms with Crippen LogP contribution in [-0.4, -0.2) is 50.5 Å². The minimum Gasteiger partial charge on any atom is -0.355 e. The van der Waals surface area contributed by atoms with E-state index in [4.69, 9.17) is 11.6 Å². The highest BCUT2D eigenvalue weighted by Gasteiger charge is 2.32. The Hall–Kier alpha value is -2.58. The highest BCUT2D eigenvalue weighted by molar-refractivity contribution is 7.92. The maximum absolute atomic E-state index is 13.6. The summed E-state index contributed by atoms with van der Waals surface area (Å²) >= 11 is 6.21. The molecule has 2 rings (SSSR count). The van der Waals surface area contributed by atoms with Gasteiger partial charge in [0, 0.05) is 18.1 Å². The molecular formula is C24H32ClN3O4S. The molecule has 1 unspecified atom stereocenters. The van der Waals surface area contributed by atoms with Crippen molar-refractivity contribution >= 4 is 39.1 Å². The van der Waals surface area contributed by atoms with Crippen molar-refractivity contribution < 1.29 is 18.0 Å². The van der Waals surface area contributed by atoms with Crippen molar-refractivity contribution in [2.24, 2.45) is 0 Å². The first-order chi connectivity index (χ1) is 15.5. The van der Waals surface area contributed by atoms with Gasteiger partial charge >= 0.3 is 0 Å². The van der Waals surface area contributed by atoms with E-state index in [1.807, 2.05) is 45.0 Å². The average molecular weight is 494 g/mol. The van der Waals surface area contributed by atoms with E-state index in [9.17, 15) is 18.0 Å². The van der Waals surface area contributed by atoms with Gasteiger partial charge < -0.3 is 10.2 Å². The van der Waals surface area contributed by atoms with Gasteiger partial charge in [0.1, 0.15) is 12.6 Å². The Bertz CT molecular complexity index is 1090. The van der Waals surface area contributed by atoms with Crippen molar-refractivity contribution in [1.82, 2.24) is 10.2 Å². The molecule has 0 radical (unpaired) electrons. The third-order valence-electron chi connectivity index (χ3n) is 5.40. The van der Waals surface area contributed by atoms with Crippen LogP contribution in [0.1, 0.15) is 37.0 Å². The van der Waals surface area contributed by atoms with E-state index in [1.165, 1.54) is 4.90 Å². The van der Waals surface area contributed by atoms with Gasteiger partial charge in [-0.05, 0) is 50.5 Å². The van der Waals surface area contributed by atoms with Crippen LogP contribution in [0.15, 0.2) is 42.5 Å². The van der Waals surface area contributed by atoms with E-state index >= 15 is 0 Å². The third-order valence-corrected chi connectivity index (χ3v) is 6.93. The fraction of sp³-hybridized carbons (Fsp3) is 0.417. The smallest absolute Gasteiger partial charge is 0.244 e. The molecule has 2 amide bonds. The molecule has 180 valence electrons. The molecule has 1 N–H and O–H groups in total. The van der Waals surface area contributed by atoms with Gasteiger partial charge in [-0.3, -0.25) is 13.9 Å². The largest absolute Gasteiger partial charge is 0.355 e. The van der Waals surface area contributed by atoms with Crippen molar-refractivity contribution in [3.63, 3.8) is 0 Å². The number of aryl methyl sites for hydroxylation is 1. The number of carbonyl (C=O) groups is 2. The van der Waals surface area contributed by atoms with Gasteiger partial charge in [0.25, 0.3) is 0 Å². The van der Waals surface area contributed by atoms with Crippen LogP contribution in [0, 0.1) is 13.8 Å². The molecule has 0 spiro atoms. The summed E-state index contributed by atoms with van der Waals surface area (Å²) < 4.78 is 26.4. The van der Waals surface area contributed by atoms with Crippen LogP contribution in [0.3, 0.4) is 0 Å². The predicted octanol–water partition coefficient (Wildman–Crippen LogP) is 3.67. The Balaban J connectivity index is 2.47. The molecule has 0 saturated carbocycles. The Kier molecular flexibility index (Phi) is 9.31. The van der Waals surface area contributed by atoms with Crippen molar-refractivity contribution in [3.05, 3.63) is 64.2 Å². The summed E-state index contributed by atoms with van der Waals surface area (Å²) in [5.74, 6) is -0.746. The number of halogens is 1. The predicted molar refractivity (Wildman–Crippen MR) is 133 cm³/mol. The Morgan fingerprint density at radius 1 is 1.06 bits per heavy atom. The van der Waals surface area contributed by atoms with Gasteiger partial charge in [0.05, 0.1) is 11.9 Å². The fourth-order valence-electron chi connectivity index (χ4n) is 3.56. The normalized spacial score (nSPS) is 12.2. The highest BCUT2D eigenvalue weighted by atomic mass is 35.5. The lowest BCUT2D eigenvalue weighted by Crippen LogP contribution is -2.52. The molecule has 9 heteroatoms. The number of likely N-dealkylation sites (N-methyl/N-ethyl adjacent to an activating group) is 1.